The predicted molar refractivity (Wildman–Crippen MR) is 81.4 cm³/mol. The van der Waals surface area contributed by atoms with Gasteiger partial charge in [0.2, 0.25) is 5.28 Å². The van der Waals surface area contributed by atoms with Crippen molar-refractivity contribution in [2.45, 2.75) is 26.3 Å². The van der Waals surface area contributed by atoms with Crippen LogP contribution in [0.25, 0.3) is 5.65 Å². The smallest absolute Gasteiger partial charge is 0.243 e. The van der Waals surface area contributed by atoms with E-state index in [1.165, 1.54) is 0 Å². The van der Waals surface area contributed by atoms with Gasteiger partial charge in [-0.1, -0.05) is 13.8 Å². The third-order valence-electron chi connectivity index (χ3n) is 3.16. The first kappa shape index (κ1) is 13.8. The van der Waals surface area contributed by atoms with Crippen LogP contribution in [-0.2, 0) is 6.54 Å². The zero-order valence-corrected chi connectivity index (χ0v) is 12.5. The minimum atomic E-state index is 0.194. The number of imidazole rings is 1. The Morgan fingerprint density at radius 1 is 1.29 bits per heavy atom. The van der Waals surface area contributed by atoms with Crippen molar-refractivity contribution >= 4 is 23.1 Å². The van der Waals surface area contributed by atoms with Crippen molar-refractivity contribution in [3.8, 4) is 0 Å². The minimum Gasteiger partial charge on any atom is -0.363 e. The number of hydrogen-bond donors (Lipinski definition) is 1. The van der Waals surface area contributed by atoms with Crippen molar-refractivity contribution in [3.63, 3.8) is 0 Å². The van der Waals surface area contributed by atoms with Crippen LogP contribution in [0.3, 0.4) is 0 Å². The lowest BCUT2D eigenvalue weighted by Gasteiger charge is -2.08. The summed E-state index contributed by atoms with van der Waals surface area (Å²) in [4.78, 5) is 12.6. The van der Waals surface area contributed by atoms with E-state index in [1.54, 1.807) is 16.9 Å². The Labute approximate surface area is 127 Å². The number of halogens is 1. The average molecular weight is 303 g/mol. The molecule has 3 rings (SSSR count). The molecule has 0 aliphatic heterocycles. The van der Waals surface area contributed by atoms with Crippen molar-refractivity contribution in [2.75, 3.05) is 5.32 Å². The highest BCUT2D eigenvalue weighted by Crippen LogP contribution is 2.21. The van der Waals surface area contributed by atoms with Crippen molar-refractivity contribution in [1.29, 1.82) is 0 Å². The molecule has 0 aromatic carbocycles. The number of nitrogens with one attached hydrogen (secondary N) is 1. The molecule has 7 heteroatoms. The lowest BCUT2D eigenvalue weighted by molar-refractivity contribution is 0.751. The molecule has 0 amide bonds. The largest absolute Gasteiger partial charge is 0.363 e. The molecule has 3 aromatic heterocycles. The number of fused-ring (bicyclic) bond motifs is 1. The van der Waals surface area contributed by atoms with Crippen LogP contribution in [0, 0.1) is 0 Å². The van der Waals surface area contributed by atoms with Gasteiger partial charge in [-0.25, -0.2) is 9.50 Å². The number of rotatable bonds is 4. The molecule has 0 saturated heterocycles. The molecule has 21 heavy (non-hydrogen) atoms. The number of anilines is 1. The van der Waals surface area contributed by atoms with Crippen LogP contribution < -0.4 is 5.32 Å². The summed E-state index contributed by atoms with van der Waals surface area (Å²) in [5.41, 5.74) is 2.78. The monoisotopic (exact) mass is 302 g/mol. The van der Waals surface area contributed by atoms with Gasteiger partial charge in [0, 0.05) is 18.9 Å². The van der Waals surface area contributed by atoms with Crippen molar-refractivity contribution in [3.05, 3.63) is 47.3 Å². The van der Waals surface area contributed by atoms with E-state index >= 15 is 0 Å². The summed E-state index contributed by atoms with van der Waals surface area (Å²) in [7, 11) is 0. The molecule has 6 nitrogen and oxygen atoms in total. The average Bonchev–Trinajstić information content (AvgIpc) is 2.89. The van der Waals surface area contributed by atoms with Crippen molar-refractivity contribution in [2.24, 2.45) is 0 Å². The van der Waals surface area contributed by atoms with E-state index in [4.69, 9.17) is 11.6 Å². The third-order valence-corrected chi connectivity index (χ3v) is 3.32. The highest BCUT2D eigenvalue weighted by molar-refractivity contribution is 6.28. The first-order chi connectivity index (χ1) is 10.1. The van der Waals surface area contributed by atoms with Gasteiger partial charge < -0.3 is 5.32 Å². The molecule has 0 spiro atoms. The van der Waals surface area contributed by atoms with Crippen LogP contribution in [0.15, 0.2) is 30.7 Å². The normalized spacial score (nSPS) is 11.2. The maximum Gasteiger partial charge on any atom is 0.243 e. The van der Waals surface area contributed by atoms with Gasteiger partial charge in [0.15, 0.2) is 11.5 Å². The van der Waals surface area contributed by atoms with Gasteiger partial charge in [-0.05, 0) is 35.2 Å². The number of hydrogen-bond acceptors (Lipinski definition) is 5. The van der Waals surface area contributed by atoms with Crippen molar-refractivity contribution < 1.29 is 0 Å². The quantitative estimate of drug-likeness (QED) is 0.802. The molecule has 0 bridgehead atoms. The number of pyridine rings is 1. The van der Waals surface area contributed by atoms with Gasteiger partial charge in [0.1, 0.15) is 0 Å². The van der Waals surface area contributed by atoms with Crippen molar-refractivity contribution in [1.82, 2.24) is 24.6 Å². The van der Waals surface area contributed by atoms with Crippen LogP contribution >= 0.6 is 11.6 Å². The fourth-order valence-electron chi connectivity index (χ4n) is 2.07. The van der Waals surface area contributed by atoms with Crippen LogP contribution in [0.4, 0.5) is 5.82 Å². The SMILES string of the molecule is CC(C)c1cnc2c(NCc3ccncc3)nc(Cl)nn12. The molecule has 0 fully saturated rings. The van der Waals surface area contributed by atoms with E-state index < -0.39 is 0 Å². The van der Waals surface area contributed by atoms with Crippen LogP contribution in [-0.4, -0.2) is 24.6 Å². The molecular weight excluding hydrogens is 288 g/mol. The van der Waals surface area contributed by atoms with Crippen LogP contribution in [0.2, 0.25) is 5.28 Å². The molecule has 0 aliphatic rings. The molecule has 0 aliphatic carbocycles. The summed E-state index contributed by atoms with van der Waals surface area (Å²) in [6.45, 7) is 4.79. The van der Waals surface area contributed by atoms with Gasteiger partial charge in [0.05, 0.1) is 11.9 Å². The second kappa shape index (κ2) is 5.65. The van der Waals surface area contributed by atoms with Gasteiger partial charge in [-0.15, -0.1) is 5.10 Å². The van der Waals surface area contributed by atoms with E-state index in [0.29, 0.717) is 23.9 Å². The summed E-state index contributed by atoms with van der Waals surface area (Å²) in [5.74, 6) is 0.928. The molecule has 108 valence electrons. The molecule has 1 N–H and O–H groups in total. The maximum absolute atomic E-state index is 6.02. The molecule has 0 radical (unpaired) electrons. The Morgan fingerprint density at radius 3 is 2.76 bits per heavy atom. The zero-order chi connectivity index (χ0) is 14.8. The summed E-state index contributed by atoms with van der Waals surface area (Å²) < 4.78 is 1.74. The third kappa shape index (κ3) is 2.80. The van der Waals surface area contributed by atoms with E-state index in [0.717, 1.165) is 11.3 Å². The fourth-order valence-corrected chi connectivity index (χ4v) is 2.23. The van der Waals surface area contributed by atoms with Gasteiger partial charge >= 0.3 is 0 Å². The Hall–Kier alpha value is -2.21. The predicted octanol–water partition coefficient (Wildman–Crippen LogP) is 2.91. The van der Waals surface area contributed by atoms with Crippen LogP contribution in [0.1, 0.15) is 31.0 Å². The summed E-state index contributed by atoms with van der Waals surface area (Å²) in [5, 5.41) is 7.68. The summed E-state index contributed by atoms with van der Waals surface area (Å²) in [6, 6.07) is 3.89. The Bertz CT molecular complexity index is 753. The number of nitrogens with zero attached hydrogens (tertiary/aromatic N) is 5. The molecule has 3 aromatic rings. The topological polar surface area (TPSA) is 68.0 Å². The summed E-state index contributed by atoms with van der Waals surface area (Å²) in [6.07, 6.45) is 5.32. The van der Waals surface area contributed by atoms with E-state index in [2.05, 4.69) is 39.2 Å². The standard InChI is InChI=1S/C14H15ClN6/c1-9(2)11-8-18-13-12(19-14(15)20-21(11)13)17-7-10-3-5-16-6-4-10/h3-6,8-9H,7H2,1-2H3,(H,17,19,20). The molecule has 3 heterocycles. The second-order valence-electron chi connectivity index (χ2n) is 5.01. The molecule has 0 saturated carbocycles. The Balaban J connectivity index is 1.95. The second-order valence-corrected chi connectivity index (χ2v) is 5.35. The lowest BCUT2D eigenvalue weighted by Crippen LogP contribution is -2.08. The molecule has 0 atom stereocenters. The minimum absolute atomic E-state index is 0.194. The van der Waals surface area contributed by atoms with E-state index in [-0.39, 0.29) is 5.28 Å². The molecular formula is C14H15ClN6. The Kier molecular flexibility index (Phi) is 3.70. The van der Waals surface area contributed by atoms with Gasteiger partial charge in [-0.3, -0.25) is 4.98 Å². The van der Waals surface area contributed by atoms with E-state index in [9.17, 15) is 0 Å². The molecule has 0 unspecified atom stereocenters. The first-order valence-electron chi connectivity index (χ1n) is 6.69. The van der Waals surface area contributed by atoms with Gasteiger partial charge in [-0.2, -0.15) is 4.98 Å². The zero-order valence-electron chi connectivity index (χ0n) is 11.8. The first-order valence-corrected chi connectivity index (χ1v) is 7.07. The number of aromatic nitrogens is 5. The fraction of sp³-hybridized carbons (Fsp3) is 0.286. The van der Waals surface area contributed by atoms with Gasteiger partial charge in [0.25, 0.3) is 0 Å². The lowest BCUT2D eigenvalue weighted by atomic mass is 10.2. The highest BCUT2D eigenvalue weighted by Gasteiger charge is 2.14. The maximum atomic E-state index is 6.02. The highest BCUT2D eigenvalue weighted by atomic mass is 35.5. The van der Waals surface area contributed by atoms with E-state index in [1.807, 2.05) is 18.3 Å². The van der Waals surface area contributed by atoms with Crippen LogP contribution in [0.5, 0.6) is 0 Å². The Morgan fingerprint density at radius 2 is 2.05 bits per heavy atom. The summed E-state index contributed by atoms with van der Waals surface area (Å²) >= 11 is 6.02.